The lowest BCUT2D eigenvalue weighted by Crippen LogP contribution is -2.34. The zero-order valence-electron chi connectivity index (χ0n) is 10.4. The summed E-state index contributed by atoms with van der Waals surface area (Å²) in [6, 6.07) is 8.02. The fourth-order valence-corrected chi connectivity index (χ4v) is 2.73. The van der Waals surface area contributed by atoms with Crippen molar-refractivity contribution in [2.45, 2.75) is 25.8 Å². The second kappa shape index (κ2) is 6.90. The van der Waals surface area contributed by atoms with E-state index in [2.05, 4.69) is 26.6 Å². The van der Waals surface area contributed by atoms with Crippen LogP contribution in [-0.4, -0.2) is 19.0 Å². The van der Waals surface area contributed by atoms with E-state index in [9.17, 15) is 4.79 Å². The average Bonchev–Trinajstić information content (AvgIpc) is 2.38. The maximum atomic E-state index is 11.8. The summed E-state index contributed by atoms with van der Waals surface area (Å²) in [7, 11) is 0. The number of hydrogen-bond donors (Lipinski definition) is 2. The van der Waals surface area contributed by atoms with Crippen LogP contribution in [0.3, 0.4) is 0 Å². The zero-order chi connectivity index (χ0) is 12.8. The number of carbonyl (C=O) groups is 1. The van der Waals surface area contributed by atoms with Crippen LogP contribution in [0, 0.1) is 5.92 Å². The minimum atomic E-state index is 0.156. The van der Waals surface area contributed by atoms with E-state index < -0.39 is 0 Å². The first-order valence-corrected chi connectivity index (χ1v) is 7.25. The summed E-state index contributed by atoms with van der Waals surface area (Å²) < 4.78 is 1.05. The van der Waals surface area contributed by atoms with Gasteiger partial charge in [0.25, 0.3) is 0 Å². The number of piperidine rings is 1. The molecule has 1 aliphatic heterocycles. The van der Waals surface area contributed by atoms with Crippen LogP contribution >= 0.6 is 15.9 Å². The first-order chi connectivity index (χ1) is 8.74. The highest BCUT2D eigenvalue weighted by molar-refractivity contribution is 9.10. The van der Waals surface area contributed by atoms with E-state index in [1.54, 1.807) is 0 Å². The number of nitrogens with one attached hydrogen (secondary N) is 2. The van der Waals surface area contributed by atoms with Gasteiger partial charge in [-0.15, -0.1) is 0 Å². The molecule has 0 spiro atoms. The van der Waals surface area contributed by atoms with E-state index in [0.29, 0.717) is 18.9 Å². The van der Waals surface area contributed by atoms with Gasteiger partial charge in [-0.05, 0) is 49.5 Å². The summed E-state index contributed by atoms with van der Waals surface area (Å²) in [6.45, 7) is 2.68. The summed E-state index contributed by atoms with van der Waals surface area (Å²) in [5.41, 5.74) is 1.12. The quantitative estimate of drug-likeness (QED) is 0.897. The van der Waals surface area contributed by atoms with Gasteiger partial charge in [-0.2, -0.15) is 0 Å². The lowest BCUT2D eigenvalue weighted by Gasteiger charge is -2.22. The molecule has 1 unspecified atom stereocenters. The molecule has 2 rings (SSSR count). The number of benzene rings is 1. The van der Waals surface area contributed by atoms with E-state index in [1.807, 2.05) is 24.3 Å². The van der Waals surface area contributed by atoms with Crippen LogP contribution < -0.4 is 10.6 Å². The van der Waals surface area contributed by atoms with Gasteiger partial charge >= 0.3 is 0 Å². The van der Waals surface area contributed by atoms with Crippen LogP contribution in [-0.2, 0) is 11.3 Å². The molecule has 1 saturated heterocycles. The van der Waals surface area contributed by atoms with Gasteiger partial charge < -0.3 is 10.6 Å². The van der Waals surface area contributed by atoms with Crippen molar-refractivity contribution in [1.29, 1.82) is 0 Å². The molecule has 1 aromatic carbocycles. The number of halogens is 1. The molecule has 2 N–H and O–H groups in total. The molecule has 3 nitrogen and oxygen atoms in total. The van der Waals surface area contributed by atoms with Gasteiger partial charge in [0.1, 0.15) is 0 Å². The first-order valence-electron chi connectivity index (χ1n) is 6.46. The Hall–Kier alpha value is -0.870. The Bertz CT molecular complexity index is 403. The van der Waals surface area contributed by atoms with Crippen molar-refractivity contribution in [1.82, 2.24) is 10.6 Å². The fourth-order valence-electron chi connectivity index (χ4n) is 2.28. The highest BCUT2D eigenvalue weighted by Gasteiger charge is 2.16. The molecule has 1 aliphatic rings. The van der Waals surface area contributed by atoms with Crippen molar-refractivity contribution in [3.05, 3.63) is 34.3 Å². The van der Waals surface area contributed by atoms with Crippen molar-refractivity contribution in [2.75, 3.05) is 13.1 Å². The summed E-state index contributed by atoms with van der Waals surface area (Å²) in [5, 5.41) is 6.32. The predicted octanol–water partition coefficient (Wildman–Crippen LogP) is 2.46. The largest absolute Gasteiger partial charge is 0.352 e. The average molecular weight is 311 g/mol. The third-order valence-corrected chi connectivity index (χ3v) is 3.74. The Kier molecular flexibility index (Phi) is 5.20. The highest BCUT2D eigenvalue weighted by Crippen LogP contribution is 2.14. The zero-order valence-corrected chi connectivity index (χ0v) is 12.0. The van der Waals surface area contributed by atoms with Gasteiger partial charge in [-0.3, -0.25) is 4.79 Å². The van der Waals surface area contributed by atoms with Crippen LogP contribution in [0.15, 0.2) is 28.7 Å². The number of amides is 1. The standard InChI is InChI=1S/C14H19BrN2O/c15-13-5-1-3-11(7-13)10-17-14(18)8-12-4-2-6-16-9-12/h1,3,5,7,12,16H,2,4,6,8-10H2,(H,17,18). The number of carbonyl (C=O) groups excluding carboxylic acids is 1. The Morgan fingerprint density at radius 2 is 2.39 bits per heavy atom. The molecule has 1 amide bonds. The van der Waals surface area contributed by atoms with Gasteiger partial charge in [-0.25, -0.2) is 0 Å². The van der Waals surface area contributed by atoms with Crippen molar-refractivity contribution in [3.8, 4) is 0 Å². The molecule has 4 heteroatoms. The second-order valence-electron chi connectivity index (χ2n) is 4.82. The van der Waals surface area contributed by atoms with Crippen molar-refractivity contribution < 1.29 is 4.79 Å². The van der Waals surface area contributed by atoms with E-state index in [1.165, 1.54) is 6.42 Å². The summed E-state index contributed by atoms with van der Waals surface area (Å²) >= 11 is 3.43. The summed E-state index contributed by atoms with van der Waals surface area (Å²) in [4.78, 5) is 11.8. The van der Waals surface area contributed by atoms with Gasteiger partial charge in [0.2, 0.25) is 5.91 Å². The van der Waals surface area contributed by atoms with Crippen molar-refractivity contribution in [3.63, 3.8) is 0 Å². The second-order valence-corrected chi connectivity index (χ2v) is 5.74. The van der Waals surface area contributed by atoms with Gasteiger partial charge in [-0.1, -0.05) is 28.1 Å². The SMILES string of the molecule is O=C(CC1CCCNC1)NCc1cccc(Br)c1. The molecule has 0 radical (unpaired) electrons. The molecule has 0 bridgehead atoms. The van der Waals surface area contributed by atoms with Crippen LogP contribution in [0.4, 0.5) is 0 Å². The van der Waals surface area contributed by atoms with Crippen molar-refractivity contribution >= 4 is 21.8 Å². The molecular weight excluding hydrogens is 292 g/mol. The minimum Gasteiger partial charge on any atom is -0.352 e. The Balaban J connectivity index is 1.74. The van der Waals surface area contributed by atoms with Crippen molar-refractivity contribution in [2.24, 2.45) is 5.92 Å². The third-order valence-electron chi connectivity index (χ3n) is 3.25. The molecule has 1 atom stereocenters. The van der Waals surface area contributed by atoms with E-state index in [-0.39, 0.29) is 5.91 Å². The summed E-state index contributed by atoms with van der Waals surface area (Å²) in [6.07, 6.45) is 2.99. The lowest BCUT2D eigenvalue weighted by atomic mass is 9.96. The van der Waals surface area contributed by atoms with Gasteiger partial charge in [0, 0.05) is 17.4 Å². The molecule has 98 valence electrons. The highest BCUT2D eigenvalue weighted by atomic mass is 79.9. The van der Waals surface area contributed by atoms with E-state index >= 15 is 0 Å². The lowest BCUT2D eigenvalue weighted by molar-refractivity contribution is -0.122. The Labute approximate surface area is 116 Å². The van der Waals surface area contributed by atoms with E-state index in [4.69, 9.17) is 0 Å². The predicted molar refractivity (Wildman–Crippen MR) is 76.2 cm³/mol. The number of hydrogen-bond acceptors (Lipinski definition) is 2. The van der Waals surface area contributed by atoms with E-state index in [0.717, 1.165) is 29.5 Å². The normalized spacial score (nSPS) is 19.5. The monoisotopic (exact) mass is 310 g/mol. The molecule has 18 heavy (non-hydrogen) atoms. The van der Waals surface area contributed by atoms with Crippen LogP contribution in [0.5, 0.6) is 0 Å². The molecule has 1 aromatic rings. The Morgan fingerprint density at radius 3 is 3.11 bits per heavy atom. The summed E-state index contributed by atoms with van der Waals surface area (Å²) in [5.74, 6) is 0.657. The third kappa shape index (κ3) is 4.42. The topological polar surface area (TPSA) is 41.1 Å². The maximum absolute atomic E-state index is 11.8. The van der Waals surface area contributed by atoms with Crippen LogP contribution in [0.2, 0.25) is 0 Å². The van der Waals surface area contributed by atoms with Crippen LogP contribution in [0.1, 0.15) is 24.8 Å². The molecule has 1 heterocycles. The maximum Gasteiger partial charge on any atom is 0.220 e. The van der Waals surface area contributed by atoms with Crippen LogP contribution in [0.25, 0.3) is 0 Å². The Morgan fingerprint density at radius 1 is 1.50 bits per heavy atom. The molecule has 1 fully saturated rings. The number of rotatable bonds is 4. The molecular formula is C14H19BrN2O. The van der Waals surface area contributed by atoms with Gasteiger partial charge in [0.05, 0.1) is 0 Å². The molecule has 0 aliphatic carbocycles. The molecule has 0 saturated carbocycles. The fraction of sp³-hybridized carbons (Fsp3) is 0.500. The van der Waals surface area contributed by atoms with Gasteiger partial charge in [0.15, 0.2) is 0 Å². The smallest absolute Gasteiger partial charge is 0.220 e. The minimum absolute atomic E-state index is 0.156. The molecule has 0 aromatic heterocycles. The first kappa shape index (κ1) is 13.6.